The van der Waals surface area contributed by atoms with Crippen LogP contribution in [-0.4, -0.2) is 16.2 Å². The predicted molar refractivity (Wildman–Crippen MR) is 44.0 cm³/mol. The smallest absolute Gasteiger partial charge is 0.138 e. The molecular weight excluding hydrogens is 144 g/mol. The summed E-state index contributed by atoms with van der Waals surface area (Å²) in [5.41, 5.74) is 1.04. The highest BCUT2D eigenvalue weighted by molar-refractivity contribution is 7.97. The molecule has 0 saturated carbocycles. The number of nitrogens with zero attached hydrogens (tertiary/aromatic N) is 2. The summed E-state index contributed by atoms with van der Waals surface area (Å²) in [5, 5.41) is 0. The van der Waals surface area contributed by atoms with E-state index in [0.29, 0.717) is 0 Å². The first-order valence-corrected chi connectivity index (χ1v) is 4.50. The van der Waals surface area contributed by atoms with Crippen LogP contribution < -0.4 is 0 Å². The Morgan fingerprint density at radius 3 is 3.00 bits per heavy atom. The van der Waals surface area contributed by atoms with Gasteiger partial charge in [0.1, 0.15) is 5.82 Å². The van der Waals surface area contributed by atoms with Crippen LogP contribution >= 0.6 is 11.8 Å². The van der Waals surface area contributed by atoms with Gasteiger partial charge in [-0.15, -0.1) is 0 Å². The number of aryl methyl sites for hydroxylation is 1. The van der Waals surface area contributed by atoms with Gasteiger partial charge < -0.3 is 0 Å². The average Bonchev–Trinajstić information content (AvgIpc) is 1.88. The Bertz CT molecular complexity index is 213. The van der Waals surface area contributed by atoms with Crippen LogP contribution in [0, 0.1) is 6.92 Å². The SMILES string of the molecule is CSCc1nccc(C)n1. The molecule has 54 valence electrons. The van der Waals surface area contributed by atoms with Gasteiger partial charge in [-0.2, -0.15) is 11.8 Å². The van der Waals surface area contributed by atoms with E-state index in [1.807, 2.05) is 19.2 Å². The summed E-state index contributed by atoms with van der Waals surface area (Å²) in [5.74, 6) is 1.83. The van der Waals surface area contributed by atoms with Crippen molar-refractivity contribution in [1.82, 2.24) is 9.97 Å². The highest BCUT2D eigenvalue weighted by Gasteiger charge is 1.92. The molecule has 0 fully saturated rings. The molecule has 0 N–H and O–H groups in total. The van der Waals surface area contributed by atoms with Crippen molar-refractivity contribution < 1.29 is 0 Å². The summed E-state index contributed by atoms with van der Waals surface area (Å²) in [7, 11) is 0. The monoisotopic (exact) mass is 154 g/mol. The zero-order chi connectivity index (χ0) is 7.40. The Labute approximate surface area is 65.1 Å². The van der Waals surface area contributed by atoms with Crippen molar-refractivity contribution in [1.29, 1.82) is 0 Å². The van der Waals surface area contributed by atoms with E-state index in [2.05, 4.69) is 9.97 Å². The third-order valence-electron chi connectivity index (χ3n) is 1.12. The van der Waals surface area contributed by atoms with E-state index in [1.54, 1.807) is 18.0 Å². The highest BCUT2D eigenvalue weighted by Crippen LogP contribution is 2.02. The first-order valence-electron chi connectivity index (χ1n) is 3.10. The second kappa shape index (κ2) is 3.56. The zero-order valence-electron chi connectivity index (χ0n) is 6.16. The van der Waals surface area contributed by atoms with Gasteiger partial charge in [0, 0.05) is 11.9 Å². The maximum atomic E-state index is 4.23. The fraction of sp³-hybridized carbons (Fsp3) is 0.429. The molecule has 3 heteroatoms. The fourth-order valence-corrected chi connectivity index (χ4v) is 1.10. The van der Waals surface area contributed by atoms with Gasteiger partial charge in [-0.05, 0) is 19.2 Å². The summed E-state index contributed by atoms with van der Waals surface area (Å²) in [6.07, 6.45) is 3.85. The van der Waals surface area contributed by atoms with Crippen molar-refractivity contribution in [3.8, 4) is 0 Å². The van der Waals surface area contributed by atoms with E-state index in [-0.39, 0.29) is 0 Å². The van der Waals surface area contributed by atoms with Gasteiger partial charge in [0.15, 0.2) is 0 Å². The summed E-state index contributed by atoms with van der Waals surface area (Å²) < 4.78 is 0. The molecule has 0 spiro atoms. The Morgan fingerprint density at radius 1 is 1.60 bits per heavy atom. The Morgan fingerprint density at radius 2 is 2.40 bits per heavy atom. The van der Waals surface area contributed by atoms with Crippen LogP contribution in [0.3, 0.4) is 0 Å². The fourth-order valence-electron chi connectivity index (χ4n) is 0.700. The zero-order valence-corrected chi connectivity index (χ0v) is 6.98. The molecule has 0 bridgehead atoms. The third-order valence-corrected chi connectivity index (χ3v) is 1.67. The number of thioether (sulfide) groups is 1. The molecular formula is C7H10N2S. The van der Waals surface area contributed by atoms with E-state index in [9.17, 15) is 0 Å². The molecule has 0 unspecified atom stereocenters. The van der Waals surface area contributed by atoms with Crippen molar-refractivity contribution in [3.63, 3.8) is 0 Å². The molecule has 0 aromatic carbocycles. The molecule has 0 aliphatic rings. The molecule has 2 nitrogen and oxygen atoms in total. The van der Waals surface area contributed by atoms with Gasteiger partial charge in [0.2, 0.25) is 0 Å². The lowest BCUT2D eigenvalue weighted by molar-refractivity contribution is 0.997. The van der Waals surface area contributed by atoms with Crippen molar-refractivity contribution in [3.05, 3.63) is 23.8 Å². The van der Waals surface area contributed by atoms with Crippen LogP contribution in [0.5, 0.6) is 0 Å². The molecule has 0 saturated heterocycles. The van der Waals surface area contributed by atoms with Crippen molar-refractivity contribution in [2.24, 2.45) is 0 Å². The predicted octanol–water partition coefficient (Wildman–Crippen LogP) is 1.65. The van der Waals surface area contributed by atoms with Crippen LogP contribution in [0.2, 0.25) is 0 Å². The molecule has 0 amide bonds. The number of rotatable bonds is 2. The van der Waals surface area contributed by atoms with Crippen molar-refractivity contribution in [2.75, 3.05) is 6.26 Å². The maximum Gasteiger partial charge on any atom is 0.138 e. The molecule has 1 aromatic rings. The molecule has 0 aliphatic carbocycles. The van der Waals surface area contributed by atoms with Crippen LogP contribution in [0.4, 0.5) is 0 Å². The Balaban J connectivity index is 2.75. The third kappa shape index (κ3) is 1.99. The van der Waals surface area contributed by atoms with Crippen molar-refractivity contribution >= 4 is 11.8 Å². The van der Waals surface area contributed by atoms with Crippen LogP contribution in [-0.2, 0) is 5.75 Å². The molecule has 1 heterocycles. The largest absolute Gasteiger partial charge is 0.240 e. The Hall–Kier alpha value is -0.570. The second-order valence-corrected chi connectivity index (χ2v) is 2.91. The Kier molecular flexibility index (Phi) is 2.68. The number of hydrogen-bond acceptors (Lipinski definition) is 3. The van der Waals surface area contributed by atoms with Gasteiger partial charge in [0.05, 0.1) is 5.75 Å². The lowest BCUT2D eigenvalue weighted by atomic mass is 10.4. The van der Waals surface area contributed by atoms with E-state index in [1.165, 1.54) is 0 Å². The molecule has 0 aliphatic heterocycles. The molecule has 1 aromatic heterocycles. The first kappa shape index (κ1) is 7.54. The van der Waals surface area contributed by atoms with Crippen LogP contribution in [0.1, 0.15) is 11.5 Å². The standard InChI is InChI=1S/C7H10N2S/c1-6-3-4-8-7(9-6)5-10-2/h3-4H,5H2,1-2H3. The van der Waals surface area contributed by atoms with E-state index >= 15 is 0 Å². The summed E-state index contributed by atoms with van der Waals surface area (Å²) in [6.45, 7) is 1.98. The topological polar surface area (TPSA) is 25.8 Å². The lowest BCUT2D eigenvalue weighted by Gasteiger charge is -1.95. The maximum absolute atomic E-state index is 4.23. The van der Waals surface area contributed by atoms with Gasteiger partial charge in [-0.3, -0.25) is 0 Å². The van der Waals surface area contributed by atoms with Gasteiger partial charge in [-0.25, -0.2) is 9.97 Å². The summed E-state index contributed by atoms with van der Waals surface area (Å²) in [4.78, 5) is 8.33. The molecule has 10 heavy (non-hydrogen) atoms. The average molecular weight is 154 g/mol. The quantitative estimate of drug-likeness (QED) is 0.647. The summed E-state index contributed by atoms with van der Waals surface area (Å²) in [6, 6.07) is 1.91. The number of aromatic nitrogens is 2. The minimum Gasteiger partial charge on any atom is -0.240 e. The van der Waals surface area contributed by atoms with E-state index in [0.717, 1.165) is 17.3 Å². The molecule has 1 rings (SSSR count). The van der Waals surface area contributed by atoms with Gasteiger partial charge >= 0.3 is 0 Å². The second-order valence-electron chi connectivity index (χ2n) is 2.05. The van der Waals surface area contributed by atoms with E-state index in [4.69, 9.17) is 0 Å². The van der Waals surface area contributed by atoms with Crippen LogP contribution in [0.15, 0.2) is 12.3 Å². The first-order chi connectivity index (χ1) is 4.83. The number of hydrogen-bond donors (Lipinski definition) is 0. The van der Waals surface area contributed by atoms with Crippen molar-refractivity contribution in [2.45, 2.75) is 12.7 Å². The molecule has 0 radical (unpaired) electrons. The lowest BCUT2D eigenvalue weighted by Crippen LogP contribution is -1.92. The highest BCUT2D eigenvalue weighted by atomic mass is 32.2. The van der Waals surface area contributed by atoms with E-state index < -0.39 is 0 Å². The minimum atomic E-state index is 0.904. The summed E-state index contributed by atoms with van der Waals surface area (Å²) >= 11 is 1.74. The van der Waals surface area contributed by atoms with Gasteiger partial charge in [-0.1, -0.05) is 0 Å². The van der Waals surface area contributed by atoms with Gasteiger partial charge in [0.25, 0.3) is 0 Å². The van der Waals surface area contributed by atoms with Crippen LogP contribution in [0.25, 0.3) is 0 Å². The molecule has 0 atom stereocenters. The normalized spacial score (nSPS) is 9.80. The minimum absolute atomic E-state index is 0.904.